The van der Waals surface area contributed by atoms with E-state index in [0.29, 0.717) is 5.41 Å². The molecule has 0 saturated carbocycles. The Morgan fingerprint density at radius 3 is 2.50 bits per heavy atom. The predicted octanol–water partition coefficient (Wildman–Crippen LogP) is 2.50. The van der Waals surface area contributed by atoms with Gasteiger partial charge in [-0.25, -0.2) is 0 Å². The van der Waals surface area contributed by atoms with Crippen LogP contribution in [0.5, 0.6) is 0 Å². The standard InChI is InChI=1S/C14H28N2/c1-4-14(3)6-9-16(10-7-14)11-13-12(2)5-8-15-13/h12-13,15H,4-11H2,1-3H3. The Kier molecular flexibility index (Phi) is 3.91. The molecule has 0 aromatic heterocycles. The summed E-state index contributed by atoms with van der Waals surface area (Å²) in [7, 11) is 0. The SMILES string of the molecule is CCC1(C)CCN(CC2NCCC2C)CC1. The van der Waals surface area contributed by atoms with Crippen LogP contribution in [0, 0.1) is 11.3 Å². The van der Waals surface area contributed by atoms with Crippen LogP contribution in [0.4, 0.5) is 0 Å². The van der Waals surface area contributed by atoms with Crippen molar-refractivity contribution in [2.24, 2.45) is 11.3 Å². The van der Waals surface area contributed by atoms with E-state index in [0.717, 1.165) is 12.0 Å². The molecule has 1 N–H and O–H groups in total. The zero-order valence-corrected chi connectivity index (χ0v) is 11.3. The van der Waals surface area contributed by atoms with Crippen molar-refractivity contribution >= 4 is 0 Å². The van der Waals surface area contributed by atoms with Gasteiger partial charge in [-0.3, -0.25) is 0 Å². The zero-order chi connectivity index (χ0) is 11.6. The molecule has 2 aliphatic heterocycles. The second-order valence-electron chi connectivity index (χ2n) is 6.29. The fourth-order valence-electron chi connectivity index (χ4n) is 3.05. The number of hydrogen-bond acceptors (Lipinski definition) is 2. The van der Waals surface area contributed by atoms with Crippen LogP contribution in [-0.4, -0.2) is 37.1 Å². The molecule has 2 heterocycles. The molecule has 0 spiro atoms. The minimum Gasteiger partial charge on any atom is -0.312 e. The van der Waals surface area contributed by atoms with Crippen LogP contribution in [0.15, 0.2) is 0 Å². The van der Waals surface area contributed by atoms with E-state index in [-0.39, 0.29) is 0 Å². The first kappa shape index (κ1) is 12.4. The molecule has 2 rings (SSSR count). The van der Waals surface area contributed by atoms with Gasteiger partial charge < -0.3 is 10.2 Å². The number of rotatable bonds is 3. The average molecular weight is 224 g/mol. The van der Waals surface area contributed by atoms with E-state index in [1.165, 1.54) is 51.9 Å². The number of piperidine rings is 1. The second kappa shape index (κ2) is 5.05. The third kappa shape index (κ3) is 2.78. The third-order valence-corrected chi connectivity index (χ3v) is 5.06. The molecular weight excluding hydrogens is 196 g/mol. The molecule has 2 aliphatic rings. The summed E-state index contributed by atoms with van der Waals surface area (Å²) in [5, 5.41) is 3.65. The fraction of sp³-hybridized carbons (Fsp3) is 1.00. The van der Waals surface area contributed by atoms with Gasteiger partial charge in [0.2, 0.25) is 0 Å². The van der Waals surface area contributed by atoms with Crippen molar-refractivity contribution in [1.82, 2.24) is 10.2 Å². The summed E-state index contributed by atoms with van der Waals surface area (Å²) >= 11 is 0. The van der Waals surface area contributed by atoms with Crippen LogP contribution < -0.4 is 5.32 Å². The minimum absolute atomic E-state index is 0.630. The van der Waals surface area contributed by atoms with Crippen molar-refractivity contribution in [3.63, 3.8) is 0 Å². The summed E-state index contributed by atoms with van der Waals surface area (Å²) in [4.78, 5) is 2.68. The minimum atomic E-state index is 0.630. The molecule has 16 heavy (non-hydrogen) atoms. The highest BCUT2D eigenvalue weighted by Crippen LogP contribution is 2.34. The van der Waals surface area contributed by atoms with Crippen molar-refractivity contribution in [3.05, 3.63) is 0 Å². The molecule has 0 radical (unpaired) electrons. The fourth-order valence-corrected chi connectivity index (χ4v) is 3.05. The number of nitrogens with one attached hydrogen (secondary N) is 1. The van der Waals surface area contributed by atoms with Gasteiger partial charge in [-0.2, -0.15) is 0 Å². The molecule has 0 aliphatic carbocycles. The van der Waals surface area contributed by atoms with Crippen molar-refractivity contribution in [1.29, 1.82) is 0 Å². The quantitative estimate of drug-likeness (QED) is 0.792. The highest BCUT2D eigenvalue weighted by molar-refractivity contribution is 4.87. The van der Waals surface area contributed by atoms with Crippen LogP contribution in [0.3, 0.4) is 0 Å². The van der Waals surface area contributed by atoms with Crippen LogP contribution in [0.25, 0.3) is 0 Å². The zero-order valence-electron chi connectivity index (χ0n) is 11.3. The van der Waals surface area contributed by atoms with E-state index >= 15 is 0 Å². The van der Waals surface area contributed by atoms with Gasteiger partial charge in [-0.15, -0.1) is 0 Å². The van der Waals surface area contributed by atoms with E-state index < -0.39 is 0 Å². The Morgan fingerprint density at radius 2 is 2.00 bits per heavy atom. The summed E-state index contributed by atoms with van der Waals surface area (Å²) in [6.07, 6.45) is 5.50. The first-order chi connectivity index (χ1) is 7.63. The van der Waals surface area contributed by atoms with E-state index in [2.05, 4.69) is 31.0 Å². The van der Waals surface area contributed by atoms with Crippen LogP contribution in [0.2, 0.25) is 0 Å². The maximum Gasteiger partial charge on any atom is 0.0221 e. The lowest BCUT2D eigenvalue weighted by atomic mass is 9.78. The Morgan fingerprint density at radius 1 is 1.31 bits per heavy atom. The van der Waals surface area contributed by atoms with Gasteiger partial charge in [0.15, 0.2) is 0 Å². The summed E-state index contributed by atoms with van der Waals surface area (Å²) in [5.41, 5.74) is 0.630. The highest BCUT2D eigenvalue weighted by atomic mass is 15.2. The first-order valence-electron chi connectivity index (χ1n) is 7.09. The van der Waals surface area contributed by atoms with Gasteiger partial charge >= 0.3 is 0 Å². The van der Waals surface area contributed by atoms with Gasteiger partial charge in [0.05, 0.1) is 0 Å². The number of hydrogen-bond donors (Lipinski definition) is 1. The predicted molar refractivity (Wildman–Crippen MR) is 69.6 cm³/mol. The molecule has 2 fully saturated rings. The lowest BCUT2D eigenvalue weighted by molar-refractivity contribution is 0.104. The molecule has 2 saturated heterocycles. The largest absolute Gasteiger partial charge is 0.312 e. The molecule has 0 aromatic carbocycles. The maximum atomic E-state index is 3.65. The van der Waals surface area contributed by atoms with Gasteiger partial charge in [-0.1, -0.05) is 27.2 Å². The van der Waals surface area contributed by atoms with Gasteiger partial charge in [0.25, 0.3) is 0 Å². The summed E-state index contributed by atoms with van der Waals surface area (Å²) < 4.78 is 0. The Balaban J connectivity index is 1.77. The van der Waals surface area contributed by atoms with Crippen LogP contribution >= 0.6 is 0 Å². The lowest BCUT2D eigenvalue weighted by Gasteiger charge is -2.40. The molecule has 0 aromatic rings. The lowest BCUT2D eigenvalue weighted by Crippen LogP contribution is -2.45. The van der Waals surface area contributed by atoms with E-state index in [4.69, 9.17) is 0 Å². The molecular formula is C14H28N2. The monoisotopic (exact) mass is 224 g/mol. The number of nitrogens with zero attached hydrogens (tertiary/aromatic N) is 1. The Hall–Kier alpha value is -0.0800. The van der Waals surface area contributed by atoms with E-state index in [1.54, 1.807) is 0 Å². The van der Waals surface area contributed by atoms with E-state index in [1.807, 2.05) is 0 Å². The highest BCUT2D eigenvalue weighted by Gasteiger charge is 2.31. The Bertz CT molecular complexity index is 219. The molecule has 2 heteroatoms. The van der Waals surface area contributed by atoms with Gasteiger partial charge in [0, 0.05) is 12.6 Å². The second-order valence-corrected chi connectivity index (χ2v) is 6.29. The molecule has 0 bridgehead atoms. The molecule has 2 atom stereocenters. The molecule has 94 valence electrons. The van der Waals surface area contributed by atoms with Crippen LogP contribution in [-0.2, 0) is 0 Å². The topological polar surface area (TPSA) is 15.3 Å². The van der Waals surface area contributed by atoms with Crippen LogP contribution in [0.1, 0.15) is 46.5 Å². The van der Waals surface area contributed by atoms with Gasteiger partial charge in [-0.05, 0) is 50.2 Å². The van der Waals surface area contributed by atoms with Gasteiger partial charge in [0.1, 0.15) is 0 Å². The first-order valence-corrected chi connectivity index (χ1v) is 7.09. The van der Waals surface area contributed by atoms with E-state index in [9.17, 15) is 0 Å². The Labute approximate surface area is 101 Å². The third-order valence-electron chi connectivity index (χ3n) is 5.06. The van der Waals surface area contributed by atoms with Crippen molar-refractivity contribution in [3.8, 4) is 0 Å². The molecule has 2 nitrogen and oxygen atoms in total. The summed E-state index contributed by atoms with van der Waals surface area (Å²) in [5.74, 6) is 0.875. The van der Waals surface area contributed by atoms with Crippen molar-refractivity contribution in [2.75, 3.05) is 26.2 Å². The average Bonchev–Trinajstić information content (AvgIpc) is 2.68. The molecule has 0 amide bonds. The number of likely N-dealkylation sites (tertiary alicyclic amines) is 1. The maximum absolute atomic E-state index is 3.65. The molecule has 2 unspecified atom stereocenters. The van der Waals surface area contributed by atoms with Crippen molar-refractivity contribution < 1.29 is 0 Å². The smallest absolute Gasteiger partial charge is 0.0221 e. The van der Waals surface area contributed by atoms with Crippen molar-refractivity contribution in [2.45, 2.75) is 52.5 Å². The summed E-state index contributed by atoms with van der Waals surface area (Å²) in [6.45, 7) is 12.3. The normalized spacial score (nSPS) is 35.4. The summed E-state index contributed by atoms with van der Waals surface area (Å²) in [6, 6.07) is 0.756.